The molecule has 0 aliphatic carbocycles. The molecule has 116 valence electrons. The lowest BCUT2D eigenvalue weighted by molar-refractivity contribution is -0.0181. The summed E-state index contributed by atoms with van der Waals surface area (Å²) in [5.41, 5.74) is 0.544. The lowest BCUT2D eigenvalue weighted by Gasteiger charge is -2.22. The van der Waals surface area contributed by atoms with Crippen molar-refractivity contribution < 1.29 is 23.4 Å². The standard InChI is InChI=1S/C16H17NO5/c1-4-15(17(2)3)22-16(18)14-8-10-7-12-13(9-11(10)21-14)20-6-5-19-12/h5-9,15H,4H2,1-3H3. The smallest absolute Gasteiger partial charge is 0.375 e. The summed E-state index contributed by atoms with van der Waals surface area (Å²) in [5.74, 6) is 0.791. The first-order valence-electron chi connectivity index (χ1n) is 7.02. The zero-order valence-electron chi connectivity index (χ0n) is 12.7. The lowest BCUT2D eigenvalue weighted by Crippen LogP contribution is -2.32. The number of carbonyl (C=O) groups excluding carboxylic acids is 1. The summed E-state index contributed by atoms with van der Waals surface area (Å²) >= 11 is 0. The van der Waals surface area contributed by atoms with Crippen LogP contribution in [0.2, 0.25) is 0 Å². The predicted molar refractivity (Wildman–Crippen MR) is 79.8 cm³/mol. The quantitative estimate of drug-likeness (QED) is 0.639. The summed E-state index contributed by atoms with van der Waals surface area (Å²) < 4.78 is 21.7. The predicted octanol–water partition coefficient (Wildman–Crippen LogP) is 3.13. The fourth-order valence-electron chi connectivity index (χ4n) is 2.27. The zero-order valence-corrected chi connectivity index (χ0v) is 12.7. The third-order valence-corrected chi connectivity index (χ3v) is 3.40. The molecule has 2 heterocycles. The van der Waals surface area contributed by atoms with Crippen molar-refractivity contribution in [2.75, 3.05) is 14.1 Å². The van der Waals surface area contributed by atoms with E-state index in [0.717, 1.165) is 5.39 Å². The molecule has 1 aliphatic rings. The maximum Gasteiger partial charge on any atom is 0.375 e. The van der Waals surface area contributed by atoms with Crippen LogP contribution in [-0.4, -0.2) is 31.2 Å². The Morgan fingerprint density at radius 1 is 1.18 bits per heavy atom. The molecule has 0 saturated carbocycles. The minimum Gasteiger partial charge on any atom is -0.458 e. The summed E-state index contributed by atoms with van der Waals surface area (Å²) in [6.07, 6.45) is 3.30. The van der Waals surface area contributed by atoms with Crippen LogP contribution in [0.15, 0.2) is 35.1 Å². The summed E-state index contributed by atoms with van der Waals surface area (Å²) in [6, 6.07) is 5.09. The van der Waals surface area contributed by atoms with E-state index in [2.05, 4.69) is 0 Å². The molecule has 0 saturated heterocycles. The Morgan fingerprint density at radius 3 is 2.50 bits per heavy atom. The van der Waals surface area contributed by atoms with Gasteiger partial charge in [-0.15, -0.1) is 0 Å². The van der Waals surface area contributed by atoms with Gasteiger partial charge in [-0.2, -0.15) is 0 Å². The molecule has 0 spiro atoms. The number of benzene rings is 1. The second-order valence-electron chi connectivity index (χ2n) is 5.19. The molecule has 6 nitrogen and oxygen atoms in total. The average molecular weight is 303 g/mol. The van der Waals surface area contributed by atoms with Crippen molar-refractivity contribution in [3.05, 3.63) is 36.5 Å². The Hall–Kier alpha value is -2.47. The van der Waals surface area contributed by atoms with Crippen molar-refractivity contribution in [1.29, 1.82) is 0 Å². The van der Waals surface area contributed by atoms with Crippen LogP contribution in [0.5, 0.6) is 11.5 Å². The normalized spacial score (nSPS) is 14.4. The third kappa shape index (κ3) is 2.65. The molecule has 0 amide bonds. The highest BCUT2D eigenvalue weighted by molar-refractivity contribution is 5.93. The number of nitrogens with zero attached hydrogens (tertiary/aromatic N) is 1. The highest BCUT2D eigenvalue weighted by Gasteiger charge is 2.21. The molecule has 1 aromatic heterocycles. The number of furan rings is 1. The van der Waals surface area contributed by atoms with Gasteiger partial charge in [0.1, 0.15) is 18.1 Å². The molecule has 1 aromatic carbocycles. The first kappa shape index (κ1) is 14.5. The van der Waals surface area contributed by atoms with Crippen LogP contribution >= 0.6 is 0 Å². The summed E-state index contributed by atoms with van der Waals surface area (Å²) in [6.45, 7) is 1.95. The van der Waals surface area contributed by atoms with E-state index in [0.29, 0.717) is 23.5 Å². The molecule has 1 unspecified atom stereocenters. The molecule has 0 fully saturated rings. The van der Waals surface area contributed by atoms with E-state index < -0.39 is 5.97 Å². The molecule has 1 aliphatic heterocycles. The number of hydrogen-bond donors (Lipinski definition) is 0. The van der Waals surface area contributed by atoms with Crippen molar-refractivity contribution in [3.63, 3.8) is 0 Å². The Kier molecular flexibility index (Phi) is 3.77. The van der Waals surface area contributed by atoms with E-state index in [-0.39, 0.29) is 12.0 Å². The minimum absolute atomic E-state index is 0.158. The van der Waals surface area contributed by atoms with E-state index in [1.807, 2.05) is 25.9 Å². The molecule has 2 aromatic rings. The lowest BCUT2D eigenvalue weighted by atomic mass is 10.2. The van der Waals surface area contributed by atoms with E-state index in [9.17, 15) is 4.79 Å². The molecule has 1 atom stereocenters. The average Bonchev–Trinajstić information content (AvgIpc) is 2.92. The van der Waals surface area contributed by atoms with Crippen LogP contribution in [-0.2, 0) is 4.74 Å². The van der Waals surface area contributed by atoms with Gasteiger partial charge in [-0.1, -0.05) is 6.92 Å². The number of rotatable bonds is 4. The molecule has 0 N–H and O–H groups in total. The summed E-state index contributed by atoms with van der Waals surface area (Å²) in [7, 11) is 3.71. The van der Waals surface area contributed by atoms with E-state index in [4.69, 9.17) is 18.6 Å². The first-order valence-corrected chi connectivity index (χ1v) is 7.02. The van der Waals surface area contributed by atoms with Gasteiger partial charge in [-0.05, 0) is 32.6 Å². The highest BCUT2D eigenvalue weighted by Crippen LogP contribution is 2.36. The summed E-state index contributed by atoms with van der Waals surface area (Å²) in [4.78, 5) is 14.0. The van der Waals surface area contributed by atoms with Gasteiger partial charge in [0, 0.05) is 11.5 Å². The van der Waals surface area contributed by atoms with Gasteiger partial charge in [0.15, 0.2) is 17.7 Å². The summed E-state index contributed by atoms with van der Waals surface area (Å²) in [5, 5.41) is 0.752. The number of carbonyl (C=O) groups is 1. The van der Waals surface area contributed by atoms with Crippen molar-refractivity contribution in [1.82, 2.24) is 4.90 Å². The van der Waals surface area contributed by atoms with Crippen LogP contribution in [0.1, 0.15) is 23.9 Å². The molecular weight excluding hydrogens is 286 g/mol. The van der Waals surface area contributed by atoms with E-state index >= 15 is 0 Å². The van der Waals surface area contributed by atoms with E-state index in [1.165, 1.54) is 12.5 Å². The van der Waals surface area contributed by atoms with Gasteiger partial charge in [-0.25, -0.2) is 4.79 Å². The number of ether oxygens (including phenoxy) is 3. The van der Waals surface area contributed by atoms with E-state index in [1.54, 1.807) is 18.2 Å². The van der Waals surface area contributed by atoms with Crippen LogP contribution in [0.4, 0.5) is 0 Å². The highest BCUT2D eigenvalue weighted by atomic mass is 16.6. The Bertz CT molecular complexity index is 686. The molecule has 3 rings (SSSR count). The van der Waals surface area contributed by atoms with Crippen molar-refractivity contribution in [2.24, 2.45) is 0 Å². The minimum atomic E-state index is -0.491. The van der Waals surface area contributed by atoms with Crippen molar-refractivity contribution >= 4 is 16.9 Å². The van der Waals surface area contributed by atoms with Gasteiger partial charge < -0.3 is 18.6 Å². The van der Waals surface area contributed by atoms with Gasteiger partial charge in [0.25, 0.3) is 0 Å². The van der Waals surface area contributed by atoms with Crippen LogP contribution in [0.25, 0.3) is 11.0 Å². The Labute approximate surface area is 127 Å². The van der Waals surface area contributed by atoms with Crippen molar-refractivity contribution in [3.8, 4) is 11.5 Å². The van der Waals surface area contributed by atoms with Gasteiger partial charge >= 0.3 is 5.97 Å². The van der Waals surface area contributed by atoms with Gasteiger partial charge in [0.05, 0.1) is 0 Å². The van der Waals surface area contributed by atoms with Gasteiger partial charge in [0.2, 0.25) is 5.76 Å². The second kappa shape index (κ2) is 5.73. The monoisotopic (exact) mass is 303 g/mol. The van der Waals surface area contributed by atoms with Crippen LogP contribution in [0, 0.1) is 0 Å². The van der Waals surface area contributed by atoms with Gasteiger partial charge in [-0.3, -0.25) is 4.90 Å². The van der Waals surface area contributed by atoms with Crippen molar-refractivity contribution in [2.45, 2.75) is 19.6 Å². The first-order chi connectivity index (χ1) is 10.6. The topological polar surface area (TPSA) is 61.1 Å². The van der Waals surface area contributed by atoms with Crippen LogP contribution in [0.3, 0.4) is 0 Å². The Morgan fingerprint density at radius 2 is 1.86 bits per heavy atom. The molecular formula is C16H17NO5. The third-order valence-electron chi connectivity index (χ3n) is 3.40. The number of fused-ring (bicyclic) bond motifs is 2. The largest absolute Gasteiger partial charge is 0.458 e. The van der Waals surface area contributed by atoms with Crippen LogP contribution < -0.4 is 9.47 Å². The fourth-order valence-corrected chi connectivity index (χ4v) is 2.27. The zero-order chi connectivity index (χ0) is 15.7. The number of esters is 1. The maximum absolute atomic E-state index is 12.2. The molecule has 6 heteroatoms. The number of hydrogen-bond acceptors (Lipinski definition) is 6. The Balaban J connectivity index is 1.87. The molecule has 0 bridgehead atoms. The molecule has 22 heavy (non-hydrogen) atoms. The molecule has 0 radical (unpaired) electrons. The SMILES string of the molecule is CCC(OC(=O)c1cc2cc3c(cc2o1)OC=CO3)N(C)C. The fraction of sp³-hybridized carbons (Fsp3) is 0.312. The second-order valence-corrected chi connectivity index (χ2v) is 5.19. The maximum atomic E-state index is 12.2.